The number of benzene rings is 1. The molecule has 2 aromatic heterocycles. The first kappa shape index (κ1) is 16.7. The molecule has 0 fully saturated rings. The Bertz CT molecular complexity index is 963. The lowest BCUT2D eigenvalue weighted by atomic mass is 10.1. The van der Waals surface area contributed by atoms with Gasteiger partial charge in [-0.1, -0.05) is 18.2 Å². The van der Waals surface area contributed by atoms with E-state index in [9.17, 15) is 14.4 Å². The van der Waals surface area contributed by atoms with Crippen molar-refractivity contribution in [3.63, 3.8) is 0 Å². The second-order valence-corrected chi connectivity index (χ2v) is 6.17. The van der Waals surface area contributed by atoms with Crippen LogP contribution in [-0.4, -0.2) is 23.8 Å². The zero-order chi connectivity index (χ0) is 17.8. The predicted molar refractivity (Wildman–Crippen MR) is 98.5 cm³/mol. The number of anilines is 2. The SMILES string of the molecule is CN(C(=O)c1cccs1)c1ccccc1C(=O)Nc1ccc[nH]c1=O. The molecule has 1 aromatic carbocycles. The van der Waals surface area contributed by atoms with Gasteiger partial charge < -0.3 is 15.2 Å². The maximum absolute atomic E-state index is 12.6. The summed E-state index contributed by atoms with van der Waals surface area (Å²) in [4.78, 5) is 41.4. The van der Waals surface area contributed by atoms with Crippen LogP contribution in [0, 0.1) is 0 Å². The molecule has 0 aliphatic heterocycles. The zero-order valence-electron chi connectivity index (χ0n) is 13.4. The van der Waals surface area contributed by atoms with E-state index in [2.05, 4.69) is 10.3 Å². The molecule has 0 aliphatic rings. The van der Waals surface area contributed by atoms with E-state index >= 15 is 0 Å². The monoisotopic (exact) mass is 353 g/mol. The molecule has 0 aliphatic carbocycles. The summed E-state index contributed by atoms with van der Waals surface area (Å²) in [5, 5.41) is 4.40. The van der Waals surface area contributed by atoms with Crippen LogP contribution in [-0.2, 0) is 0 Å². The van der Waals surface area contributed by atoms with E-state index in [0.29, 0.717) is 16.1 Å². The van der Waals surface area contributed by atoms with E-state index in [0.717, 1.165) is 0 Å². The Morgan fingerprint density at radius 2 is 1.88 bits per heavy atom. The number of H-pyrrole nitrogens is 1. The van der Waals surface area contributed by atoms with Crippen LogP contribution >= 0.6 is 11.3 Å². The second-order valence-electron chi connectivity index (χ2n) is 5.23. The molecule has 2 amide bonds. The number of amides is 2. The first-order chi connectivity index (χ1) is 12.1. The number of hydrogen-bond donors (Lipinski definition) is 2. The van der Waals surface area contributed by atoms with Crippen LogP contribution in [0.25, 0.3) is 0 Å². The van der Waals surface area contributed by atoms with Crippen molar-refractivity contribution in [2.75, 3.05) is 17.3 Å². The summed E-state index contributed by atoms with van der Waals surface area (Å²) in [5.41, 5.74) is 0.523. The number of pyridine rings is 1. The summed E-state index contributed by atoms with van der Waals surface area (Å²) < 4.78 is 0. The Hall–Kier alpha value is -3.19. The summed E-state index contributed by atoms with van der Waals surface area (Å²) >= 11 is 1.34. The van der Waals surface area contributed by atoms with Gasteiger partial charge >= 0.3 is 0 Å². The molecule has 3 rings (SSSR count). The highest BCUT2D eigenvalue weighted by Gasteiger charge is 2.20. The van der Waals surface area contributed by atoms with Crippen LogP contribution in [0.15, 0.2) is 64.9 Å². The van der Waals surface area contributed by atoms with Gasteiger partial charge in [-0.3, -0.25) is 14.4 Å². The number of nitrogens with one attached hydrogen (secondary N) is 2. The fourth-order valence-corrected chi connectivity index (χ4v) is 3.04. The Kier molecular flexibility index (Phi) is 4.76. The smallest absolute Gasteiger partial charge is 0.271 e. The molecule has 0 spiro atoms. The summed E-state index contributed by atoms with van der Waals surface area (Å²) in [5.74, 6) is -0.661. The van der Waals surface area contributed by atoms with E-state index in [-0.39, 0.29) is 11.6 Å². The molecule has 126 valence electrons. The highest BCUT2D eigenvalue weighted by molar-refractivity contribution is 7.12. The number of aromatic amines is 1. The number of hydrogen-bond acceptors (Lipinski definition) is 4. The Morgan fingerprint density at radius 3 is 2.60 bits per heavy atom. The normalized spacial score (nSPS) is 10.3. The molecule has 0 atom stereocenters. The molecule has 0 bridgehead atoms. The van der Waals surface area contributed by atoms with E-state index in [4.69, 9.17) is 0 Å². The summed E-state index contributed by atoms with van der Waals surface area (Å²) in [7, 11) is 1.61. The minimum absolute atomic E-state index is 0.148. The maximum atomic E-state index is 12.6. The molecule has 0 saturated heterocycles. The van der Waals surface area contributed by atoms with Gasteiger partial charge in [-0.05, 0) is 35.7 Å². The van der Waals surface area contributed by atoms with Crippen molar-refractivity contribution in [2.24, 2.45) is 0 Å². The molecule has 3 aromatic rings. The molecule has 2 heterocycles. The minimum atomic E-state index is -0.460. The third-order valence-corrected chi connectivity index (χ3v) is 4.47. The average molecular weight is 353 g/mol. The standard InChI is InChI=1S/C18H15N3O3S/c1-21(18(24)15-9-5-11-25-15)14-8-3-2-6-12(14)16(22)20-13-7-4-10-19-17(13)23/h2-11H,1H3,(H,19,23)(H,20,22). The molecule has 0 radical (unpaired) electrons. The number of carbonyl (C=O) groups excluding carboxylic acids is 2. The van der Waals surface area contributed by atoms with Gasteiger partial charge in [0.15, 0.2) is 0 Å². The van der Waals surface area contributed by atoms with E-state index in [1.165, 1.54) is 28.5 Å². The lowest BCUT2D eigenvalue weighted by Crippen LogP contribution is -2.28. The maximum Gasteiger partial charge on any atom is 0.271 e. The predicted octanol–water partition coefficient (Wildman–Crippen LogP) is 2.97. The van der Waals surface area contributed by atoms with Gasteiger partial charge in [0.1, 0.15) is 5.69 Å². The van der Waals surface area contributed by atoms with Gasteiger partial charge in [-0.2, -0.15) is 0 Å². The third kappa shape index (κ3) is 3.51. The lowest BCUT2D eigenvalue weighted by Gasteiger charge is -2.19. The van der Waals surface area contributed by atoms with Crippen LogP contribution < -0.4 is 15.8 Å². The molecule has 0 saturated carbocycles. The van der Waals surface area contributed by atoms with Gasteiger partial charge in [0, 0.05) is 13.2 Å². The molecular weight excluding hydrogens is 338 g/mol. The third-order valence-electron chi connectivity index (χ3n) is 3.61. The second kappa shape index (κ2) is 7.14. The van der Waals surface area contributed by atoms with Crippen LogP contribution in [0.2, 0.25) is 0 Å². The average Bonchev–Trinajstić information content (AvgIpc) is 3.17. The van der Waals surface area contributed by atoms with E-state index in [1.54, 1.807) is 49.5 Å². The van der Waals surface area contributed by atoms with Gasteiger partial charge in [-0.15, -0.1) is 11.3 Å². The van der Waals surface area contributed by atoms with Crippen LogP contribution in [0.4, 0.5) is 11.4 Å². The quantitative estimate of drug-likeness (QED) is 0.756. The first-order valence-electron chi connectivity index (χ1n) is 7.47. The number of thiophene rings is 1. The number of nitrogens with zero attached hydrogens (tertiary/aromatic N) is 1. The van der Waals surface area contributed by atoms with Crippen molar-refractivity contribution >= 4 is 34.5 Å². The molecule has 7 heteroatoms. The lowest BCUT2D eigenvalue weighted by molar-refractivity contribution is 0.0996. The van der Waals surface area contributed by atoms with Crippen molar-refractivity contribution in [2.45, 2.75) is 0 Å². The molecule has 2 N–H and O–H groups in total. The van der Waals surface area contributed by atoms with Gasteiger partial charge in [0.05, 0.1) is 16.1 Å². The fourth-order valence-electron chi connectivity index (χ4n) is 2.34. The van der Waals surface area contributed by atoms with Crippen LogP contribution in [0.5, 0.6) is 0 Å². The molecular formula is C18H15N3O3S. The van der Waals surface area contributed by atoms with Crippen molar-refractivity contribution in [1.29, 1.82) is 0 Å². The Labute approximate surface area is 147 Å². The highest BCUT2D eigenvalue weighted by atomic mass is 32.1. The number of rotatable bonds is 4. The topological polar surface area (TPSA) is 82.3 Å². The zero-order valence-corrected chi connectivity index (χ0v) is 14.2. The Balaban J connectivity index is 1.90. The van der Waals surface area contributed by atoms with Gasteiger partial charge in [-0.25, -0.2) is 0 Å². The molecule has 6 nitrogen and oxygen atoms in total. The van der Waals surface area contributed by atoms with Crippen molar-refractivity contribution in [3.05, 3.63) is 80.9 Å². The summed E-state index contributed by atoms with van der Waals surface area (Å²) in [6.07, 6.45) is 1.49. The highest BCUT2D eigenvalue weighted by Crippen LogP contribution is 2.23. The Morgan fingerprint density at radius 1 is 1.08 bits per heavy atom. The van der Waals surface area contributed by atoms with Gasteiger partial charge in [0.25, 0.3) is 17.4 Å². The number of carbonyl (C=O) groups is 2. The van der Waals surface area contributed by atoms with Crippen LogP contribution in [0.1, 0.15) is 20.0 Å². The van der Waals surface area contributed by atoms with Gasteiger partial charge in [0.2, 0.25) is 0 Å². The van der Waals surface area contributed by atoms with Crippen LogP contribution in [0.3, 0.4) is 0 Å². The van der Waals surface area contributed by atoms with Crippen molar-refractivity contribution < 1.29 is 9.59 Å². The minimum Gasteiger partial charge on any atom is -0.327 e. The first-order valence-corrected chi connectivity index (χ1v) is 8.35. The molecule has 0 unspecified atom stereocenters. The summed E-state index contributed by atoms with van der Waals surface area (Å²) in [6, 6.07) is 13.4. The molecule has 25 heavy (non-hydrogen) atoms. The van der Waals surface area contributed by atoms with E-state index < -0.39 is 11.5 Å². The van der Waals surface area contributed by atoms with Crippen molar-refractivity contribution in [3.8, 4) is 0 Å². The van der Waals surface area contributed by atoms with E-state index in [1.807, 2.05) is 5.38 Å². The summed E-state index contributed by atoms with van der Waals surface area (Å²) in [6.45, 7) is 0. The largest absolute Gasteiger partial charge is 0.327 e. The number of aromatic nitrogens is 1. The number of para-hydroxylation sites is 1. The fraction of sp³-hybridized carbons (Fsp3) is 0.0556. The van der Waals surface area contributed by atoms with Crippen molar-refractivity contribution in [1.82, 2.24) is 4.98 Å².